The predicted molar refractivity (Wildman–Crippen MR) is 124 cm³/mol. The molecule has 1 aromatic carbocycles. The maximum absolute atomic E-state index is 13.8. The van der Waals surface area contributed by atoms with Crippen LogP contribution in [0.15, 0.2) is 59.4 Å². The normalized spacial score (nSPS) is 19.1. The second-order valence-corrected chi connectivity index (χ2v) is 8.97. The fourth-order valence-corrected chi connectivity index (χ4v) is 4.77. The Balaban J connectivity index is 1.73. The van der Waals surface area contributed by atoms with E-state index in [1.807, 2.05) is 34.6 Å². The van der Waals surface area contributed by atoms with Gasteiger partial charge in [0.1, 0.15) is 17.5 Å². The Kier molecular flexibility index (Phi) is 5.12. The van der Waals surface area contributed by atoms with Crippen LogP contribution in [0.1, 0.15) is 57.4 Å². The van der Waals surface area contributed by atoms with Crippen molar-refractivity contribution in [3.63, 3.8) is 0 Å². The number of carbonyl (C=O) groups excluding carboxylic acids is 2. The van der Waals surface area contributed by atoms with Gasteiger partial charge in [-0.15, -0.1) is 0 Å². The van der Waals surface area contributed by atoms with Crippen molar-refractivity contribution in [3.05, 3.63) is 83.0 Å². The summed E-state index contributed by atoms with van der Waals surface area (Å²) in [5.41, 5.74) is 3.77. The Labute approximate surface area is 192 Å². The van der Waals surface area contributed by atoms with Gasteiger partial charge in [-0.3, -0.25) is 9.59 Å². The minimum atomic E-state index is -0.739. The minimum absolute atomic E-state index is 0.0645. The van der Waals surface area contributed by atoms with Crippen molar-refractivity contribution < 1.29 is 14.1 Å². The standard InChI is InChI=1S/C26H26N4O3/c1-17-8-10-20(11-9-17)26(3)16-29-22(14-19-6-4-12-27-24(19)29)23(31)7-5-13-30(26)25(32)21-15-33-28-18(21)2/h4,6,8-12,14-15H,5,7,13,16H2,1-3H3. The molecular formula is C26H26N4O3. The van der Waals surface area contributed by atoms with Gasteiger partial charge in [-0.25, -0.2) is 4.98 Å². The van der Waals surface area contributed by atoms with Crippen LogP contribution in [-0.2, 0) is 12.1 Å². The molecule has 4 heterocycles. The molecule has 1 atom stereocenters. The monoisotopic (exact) mass is 442 g/mol. The molecule has 7 heteroatoms. The van der Waals surface area contributed by atoms with Crippen molar-refractivity contribution in [1.82, 2.24) is 19.6 Å². The van der Waals surface area contributed by atoms with Gasteiger partial charge in [0.15, 0.2) is 5.78 Å². The Hall–Kier alpha value is -3.74. The van der Waals surface area contributed by atoms with Gasteiger partial charge in [0, 0.05) is 24.5 Å². The highest BCUT2D eigenvalue weighted by Crippen LogP contribution is 2.36. The maximum atomic E-state index is 13.8. The predicted octanol–water partition coefficient (Wildman–Crippen LogP) is 4.68. The third-order valence-electron chi connectivity index (χ3n) is 6.69. The number of benzene rings is 1. The Morgan fingerprint density at radius 2 is 1.94 bits per heavy atom. The third-order valence-corrected chi connectivity index (χ3v) is 6.69. The molecule has 3 aromatic heterocycles. The number of hydrogen-bond acceptors (Lipinski definition) is 5. The van der Waals surface area contributed by atoms with Gasteiger partial charge in [-0.1, -0.05) is 35.0 Å². The number of Topliss-reactive ketones (excluding diaryl/α,β-unsaturated/α-hetero) is 1. The molecule has 1 unspecified atom stereocenters. The first-order valence-corrected chi connectivity index (χ1v) is 11.2. The topological polar surface area (TPSA) is 81.2 Å². The van der Waals surface area contributed by atoms with Crippen LogP contribution in [0.3, 0.4) is 0 Å². The Morgan fingerprint density at radius 3 is 2.67 bits per heavy atom. The van der Waals surface area contributed by atoms with E-state index >= 15 is 0 Å². The van der Waals surface area contributed by atoms with Gasteiger partial charge in [0.2, 0.25) is 0 Å². The minimum Gasteiger partial charge on any atom is -0.364 e. The number of nitrogens with zero attached hydrogens (tertiary/aromatic N) is 4. The third kappa shape index (κ3) is 3.53. The number of pyridine rings is 1. The van der Waals surface area contributed by atoms with E-state index in [9.17, 15) is 9.59 Å². The van der Waals surface area contributed by atoms with Gasteiger partial charge in [-0.05, 0) is 51.0 Å². The molecule has 33 heavy (non-hydrogen) atoms. The molecule has 1 aliphatic heterocycles. The van der Waals surface area contributed by atoms with Crippen LogP contribution < -0.4 is 0 Å². The van der Waals surface area contributed by atoms with Crippen molar-refractivity contribution in [2.75, 3.05) is 6.54 Å². The van der Waals surface area contributed by atoms with Crippen LogP contribution in [0, 0.1) is 13.8 Å². The lowest BCUT2D eigenvalue weighted by atomic mass is 9.88. The van der Waals surface area contributed by atoms with E-state index in [-0.39, 0.29) is 11.7 Å². The summed E-state index contributed by atoms with van der Waals surface area (Å²) in [5.74, 6) is -0.0909. The highest BCUT2D eigenvalue weighted by atomic mass is 16.5. The molecule has 0 bridgehead atoms. The summed E-state index contributed by atoms with van der Waals surface area (Å²) < 4.78 is 7.06. The molecule has 0 saturated carbocycles. The molecule has 0 aliphatic carbocycles. The van der Waals surface area contributed by atoms with Gasteiger partial charge in [0.05, 0.1) is 23.5 Å². The zero-order chi connectivity index (χ0) is 23.2. The average molecular weight is 443 g/mol. The van der Waals surface area contributed by atoms with Crippen LogP contribution in [0.5, 0.6) is 0 Å². The van der Waals surface area contributed by atoms with Gasteiger partial charge in [0.25, 0.3) is 5.91 Å². The summed E-state index contributed by atoms with van der Waals surface area (Å²) in [6.07, 6.45) is 4.06. The van der Waals surface area contributed by atoms with E-state index in [0.717, 1.165) is 22.2 Å². The first-order valence-electron chi connectivity index (χ1n) is 11.2. The molecule has 1 amide bonds. The van der Waals surface area contributed by atoms with Gasteiger partial charge in [-0.2, -0.15) is 0 Å². The number of aromatic nitrogens is 3. The van der Waals surface area contributed by atoms with Crippen LogP contribution in [0.4, 0.5) is 0 Å². The molecule has 1 aliphatic rings. The Bertz CT molecular complexity index is 1350. The lowest BCUT2D eigenvalue weighted by Gasteiger charge is -2.42. The number of carbonyl (C=O) groups is 2. The van der Waals surface area contributed by atoms with E-state index in [1.54, 1.807) is 13.1 Å². The number of rotatable bonds is 2. The highest BCUT2D eigenvalue weighted by molar-refractivity contribution is 6.00. The maximum Gasteiger partial charge on any atom is 0.259 e. The van der Waals surface area contributed by atoms with E-state index < -0.39 is 5.54 Å². The number of fused-ring (bicyclic) bond motifs is 3. The molecular weight excluding hydrogens is 416 g/mol. The molecule has 0 saturated heterocycles. The smallest absolute Gasteiger partial charge is 0.259 e. The van der Waals surface area contributed by atoms with Crippen LogP contribution in [0.2, 0.25) is 0 Å². The second-order valence-electron chi connectivity index (χ2n) is 8.97. The zero-order valence-corrected chi connectivity index (χ0v) is 19.0. The Morgan fingerprint density at radius 1 is 1.15 bits per heavy atom. The van der Waals surface area contributed by atoms with Crippen molar-refractivity contribution in [2.45, 2.75) is 45.7 Å². The first kappa shape index (κ1) is 21.1. The fourth-order valence-electron chi connectivity index (χ4n) is 4.77. The van der Waals surface area contributed by atoms with Gasteiger partial charge < -0.3 is 14.0 Å². The molecule has 4 aromatic rings. The number of amides is 1. The zero-order valence-electron chi connectivity index (χ0n) is 19.0. The quantitative estimate of drug-likeness (QED) is 0.450. The van der Waals surface area contributed by atoms with Crippen molar-refractivity contribution in [2.24, 2.45) is 0 Å². The molecule has 0 fully saturated rings. The highest BCUT2D eigenvalue weighted by Gasteiger charge is 2.40. The van der Waals surface area contributed by atoms with E-state index in [1.165, 1.54) is 6.26 Å². The molecule has 0 radical (unpaired) electrons. The largest absolute Gasteiger partial charge is 0.364 e. The lowest BCUT2D eigenvalue weighted by molar-refractivity contribution is 0.0450. The SMILES string of the molecule is Cc1ccc(C2(C)Cn3c(cc4cccnc43)C(=O)CCCN2C(=O)c2conc2C)cc1. The van der Waals surface area contributed by atoms with Crippen LogP contribution >= 0.6 is 0 Å². The molecule has 7 nitrogen and oxygen atoms in total. The summed E-state index contributed by atoms with van der Waals surface area (Å²) in [6, 6.07) is 14.0. The second kappa shape index (κ2) is 7.99. The molecule has 168 valence electrons. The van der Waals surface area contributed by atoms with Crippen molar-refractivity contribution in [3.8, 4) is 0 Å². The number of aryl methyl sites for hydroxylation is 2. The van der Waals surface area contributed by atoms with Crippen LogP contribution in [0.25, 0.3) is 11.0 Å². The van der Waals surface area contributed by atoms with Gasteiger partial charge >= 0.3 is 0 Å². The lowest BCUT2D eigenvalue weighted by Crippen LogP contribution is -2.50. The van der Waals surface area contributed by atoms with Crippen molar-refractivity contribution >= 4 is 22.7 Å². The summed E-state index contributed by atoms with van der Waals surface area (Å²) in [6.45, 7) is 6.70. The fraction of sp³-hybridized carbons (Fsp3) is 0.308. The average Bonchev–Trinajstić information content (AvgIpc) is 3.40. The van der Waals surface area contributed by atoms with Crippen molar-refractivity contribution in [1.29, 1.82) is 0 Å². The van der Waals surface area contributed by atoms with E-state index in [4.69, 9.17) is 4.52 Å². The molecule has 5 rings (SSSR count). The number of ketones is 1. The van der Waals surface area contributed by atoms with Crippen LogP contribution in [-0.4, -0.2) is 37.8 Å². The summed E-state index contributed by atoms with van der Waals surface area (Å²) in [5, 5.41) is 4.83. The first-order chi connectivity index (χ1) is 15.9. The number of hydrogen-bond donors (Lipinski definition) is 0. The van der Waals surface area contributed by atoms with E-state index in [2.05, 4.69) is 41.3 Å². The molecule has 0 spiro atoms. The van der Waals surface area contributed by atoms with E-state index in [0.29, 0.717) is 42.9 Å². The summed E-state index contributed by atoms with van der Waals surface area (Å²) in [4.78, 5) is 33.4. The summed E-state index contributed by atoms with van der Waals surface area (Å²) in [7, 11) is 0. The summed E-state index contributed by atoms with van der Waals surface area (Å²) >= 11 is 0. The molecule has 0 N–H and O–H groups in total.